The normalized spacial score (nSPS) is 20.8. The maximum atomic E-state index is 12.4. The zero-order valence-corrected chi connectivity index (χ0v) is 19.2. The molecule has 1 aliphatic carbocycles. The topological polar surface area (TPSA) is 122 Å². The molecule has 0 aliphatic heterocycles. The van der Waals surface area contributed by atoms with Gasteiger partial charge >= 0.3 is 6.09 Å². The summed E-state index contributed by atoms with van der Waals surface area (Å²) in [5.41, 5.74) is 8.57. The number of alkyl carbamates (subject to hydrolysis) is 1. The van der Waals surface area contributed by atoms with E-state index in [1.807, 2.05) is 45.0 Å². The number of rotatable bonds is 5. The van der Waals surface area contributed by atoms with Crippen LogP contribution in [0.3, 0.4) is 0 Å². The Morgan fingerprint density at radius 1 is 1.34 bits per heavy atom. The minimum atomic E-state index is -0.471. The summed E-state index contributed by atoms with van der Waals surface area (Å²) in [7, 11) is 0. The molecule has 0 bridgehead atoms. The Labute approximate surface area is 191 Å². The van der Waals surface area contributed by atoms with Crippen LogP contribution in [0.15, 0.2) is 46.3 Å². The van der Waals surface area contributed by atoms with E-state index >= 15 is 0 Å². The lowest BCUT2D eigenvalue weighted by atomic mass is 9.68. The molecule has 1 aromatic heterocycles. The monoisotopic (exact) mass is 458 g/mol. The molecular weight excluding hydrogens is 432 g/mol. The zero-order valence-electron chi connectivity index (χ0n) is 18.4. The lowest BCUT2D eigenvalue weighted by Crippen LogP contribution is -2.44. The van der Waals surface area contributed by atoms with Crippen molar-refractivity contribution < 1.29 is 9.53 Å². The van der Waals surface area contributed by atoms with Gasteiger partial charge in [-0.2, -0.15) is 5.10 Å². The molecule has 0 unspecified atom stereocenters. The first-order valence-electron chi connectivity index (χ1n) is 10.5. The van der Waals surface area contributed by atoms with Crippen molar-refractivity contribution >= 4 is 23.5 Å². The largest absolute Gasteiger partial charge is 0.449 e. The molecule has 170 valence electrons. The average molecular weight is 459 g/mol. The molecular formula is C22H27ClN6O3. The van der Waals surface area contributed by atoms with Crippen LogP contribution in [-0.4, -0.2) is 28.0 Å². The molecule has 9 nitrogen and oxygen atoms in total. The van der Waals surface area contributed by atoms with Crippen LogP contribution in [0.5, 0.6) is 0 Å². The third kappa shape index (κ3) is 5.81. The number of azide groups is 1. The number of nitrogens with one attached hydrogen (secondary N) is 1. The van der Waals surface area contributed by atoms with Crippen LogP contribution in [0.2, 0.25) is 5.02 Å². The molecule has 2 aromatic rings. The van der Waals surface area contributed by atoms with Gasteiger partial charge in [-0.15, -0.1) is 0 Å². The van der Waals surface area contributed by atoms with Gasteiger partial charge in [-0.25, -0.2) is 9.48 Å². The molecule has 1 aromatic carbocycles. The molecule has 1 saturated carbocycles. The zero-order chi connectivity index (χ0) is 23.4. The Morgan fingerprint density at radius 2 is 2.06 bits per heavy atom. The van der Waals surface area contributed by atoms with E-state index in [2.05, 4.69) is 20.4 Å². The van der Waals surface area contributed by atoms with Gasteiger partial charge < -0.3 is 10.1 Å². The minimum Gasteiger partial charge on any atom is -0.449 e. The van der Waals surface area contributed by atoms with Crippen molar-refractivity contribution in [3.8, 4) is 0 Å². The van der Waals surface area contributed by atoms with E-state index in [1.165, 1.54) is 16.8 Å². The number of halogens is 1. The average Bonchev–Trinajstić information content (AvgIpc) is 2.73. The maximum Gasteiger partial charge on any atom is 0.407 e. The third-order valence-electron chi connectivity index (χ3n) is 5.61. The summed E-state index contributed by atoms with van der Waals surface area (Å²) in [5.74, 6) is 0.154. The van der Waals surface area contributed by atoms with E-state index in [1.54, 1.807) is 0 Å². The molecule has 32 heavy (non-hydrogen) atoms. The molecule has 1 heterocycles. The second-order valence-electron chi connectivity index (χ2n) is 9.14. The van der Waals surface area contributed by atoms with Gasteiger partial charge in [0.2, 0.25) is 0 Å². The van der Waals surface area contributed by atoms with Gasteiger partial charge in [-0.3, -0.25) is 4.79 Å². The highest BCUT2D eigenvalue weighted by atomic mass is 35.5. The Balaban J connectivity index is 1.83. The van der Waals surface area contributed by atoms with Crippen LogP contribution in [0.1, 0.15) is 58.1 Å². The molecule has 3 rings (SSSR count). The van der Waals surface area contributed by atoms with Crippen molar-refractivity contribution in [3.63, 3.8) is 0 Å². The second kappa shape index (κ2) is 9.63. The number of carbonyl (C=O) groups excluding carboxylic acids is 1. The maximum absolute atomic E-state index is 12.4. The van der Waals surface area contributed by atoms with Crippen molar-refractivity contribution in [1.82, 2.24) is 15.1 Å². The highest BCUT2D eigenvalue weighted by Crippen LogP contribution is 2.43. The fraction of sp³-hybridized carbons (Fsp3) is 0.500. The number of hydrogen-bond acceptors (Lipinski definition) is 5. The van der Waals surface area contributed by atoms with Gasteiger partial charge in [0.25, 0.3) is 5.56 Å². The predicted molar refractivity (Wildman–Crippen MR) is 122 cm³/mol. The van der Waals surface area contributed by atoms with E-state index < -0.39 is 17.0 Å². The first-order chi connectivity index (χ1) is 15.1. The van der Waals surface area contributed by atoms with Crippen LogP contribution < -0.4 is 10.9 Å². The summed E-state index contributed by atoms with van der Waals surface area (Å²) >= 11 is 6.25. The van der Waals surface area contributed by atoms with Crippen molar-refractivity contribution in [2.45, 2.75) is 63.5 Å². The Hall–Kier alpha value is -3.03. The summed E-state index contributed by atoms with van der Waals surface area (Å²) in [5, 5.41) is 11.1. The Kier molecular flexibility index (Phi) is 7.11. The van der Waals surface area contributed by atoms with Gasteiger partial charge in [0.1, 0.15) is 12.4 Å². The third-order valence-corrected chi connectivity index (χ3v) is 5.84. The van der Waals surface area contributed by atoms with Gasteiger partial charge in [-0.1, -0.05) is 23.7 Å². The highest BCUT2D eigenvalue weighted by Gasteiger charge is 2.39. The summed E-state index contributed by atoms with van der Waals surface area (Å²) in [6.45, 7) is 5.87. The lowest BCUT2D eigenvalue weighted by molar-refractivity contribution is 0.0838. The number of benzene rings is 1. The van der Waals surface area contributed by atoms with Crippen LogP contribution in [0.4, 0.5) is 10.6 Å². The number of amides is 1. The molecule has 1 N–H and O–H groups in total. The van der Waals surface area contributed by atoms with Crippen molar-refractivity contribution in [2.75, 3.05) is 6.61 Å². The SMILES string of the molecule is CC(C)(C)NC(=O)OCC1(c2cccc(Cl)c2)CCC(n2nc(N=[N+]=[N-])ccc2=O)CC1. The van der Waals surface area contributed by atoms with Gasteiger partial charge in [0, 0.05) is 27.0 Å². The first-order valence-corrected chi connectivity index (χ1v) is 10.9. The van der Waals surface area contributed by atoms with Gasteiger partial charge in [0.15, 0.2) is 0 Å². The Morgan fingerprint density at radius 3 is 2.69 bits per heavy atom. The molecule has 0 saturated heterocycles. The van der Waals surface area contributed by atoms with Crippen molar-refractivity contribution in [2.24, 2.45) is 5.11 Å². The molecule has 0 radical (unpaired) electrons. The van der Waals surface area contributed by atoms with Gasteiger partial charge in [-0.05, 0) is 80.9 Å². The van der Waals surface area contributed by atoms with E-state index in [0.29, 0.717) is 30.7 Å². The minimum absolute atomic E-state index is 0.146. The number of ether oxygens (including phenoxy) is 1. The predicted octanol–water partition coefficient (Wildman–Crippen LogP) is 5.42. The molecule has 10 heteroatoms. The number of carbonyl (C=O) groups is 1. The standard InChI is InChI=1S/C22H27ClN6O3/c1-21(2,3)25-20(31)32-14-22(15-5-4-6-16(23)13-15)11-9-17(10-12-22)29-19(30)8-7-18(27-29)26-28-24/h4-8,13,17H,9-12,14H2,1-3H3,(H,25,31). The summed E-state index contributed by atoms with van der Waals surface area (Å²) < 4.78 is 7.03. The molecule has 0 spiro atoms. The van der Waals surface area contributed by atoms with E-state index in [4.69, 9.17) is 21.9 Å². The number of hydrogen-bond donors (Lipinski definition) is 1. The van der Waals surface area contributed by atoms with Gasteiger partial charge in [0.05, 0.1) is 6.04 Å². The van der Waals surface area contributed by atoms with Crippen LogP contribution in [0.25, 0.3) is 10.4 Å². The highest BCUT2D eigenvalue weighted by molar-refractivity contribution is 6.30. The Bertz CT molecular complexity index is 1080. The van der Waals surface area contributed by atoms with Crippen LogP contribution in [0, 0.1) is 0 Å². The quantitative estimate of drug-likeness (QED) is 0.365. The number of aromatic nitrogens is 2. The van der Waals surface area contributed by atoms with E-state index in [-0.39, 0.29) is 24.0 Å². The van der Waals surface area contributed by atoms with E-state index in [9.17, 15) is 9.59 Å². The summed E-state index contributed by atoms with van der Waals surface area (Å²) in [6, 6.07) is 10.2. The lowest BCUT2D eigenvalue weighted by Gasteiger charge is -2.40. The fourth-order valence-corrected chi connectivity index (χ4v) is 4.25. The molecule has 1 fully saturated rings. The van der Waals surface area contributed by atoms with E-state index in [0.717, 1.165) is 5.56 Å². The molecule has 0 atom stereocenters. The molecule has 1 amide bonds. The van der Waals surface area contributed by atoms with Crippen LogP contribution in [-0.2, 0) is 10.2 Å². The smallest absolute Gasteiger partial charge is 0.407 e. The summed E-state index contributed by atoms with van der Waals surface area (Å²) in [6.07, 6.45) is 2.15. The van der Waals surface area contributed by atoms with Crippen molar-refractivity contribution in [3.05, 3.63) is 67.8 Å². The molecule has 1 aliphatic rings. The number of nitrogens with zero attached hydrogens (tertiary/aromatic N) is 5. The van der Waals surface area contributed by atoms with Crippen molar-refractivity contribution in [1.29, 1.82) is 0 Å². The fourth-order valence-electron chi connectivity index (χ4n) is 4.06. The summed E-state index contributed by atoms with van der Waals surface area (Å²) in [4.78, 5) is 27.4. The first kappa shape index (κ1) is 23.6. The van der Waals surface area contributed by atoms with Crippen LogP contribution >= 0.6 is 11.6 Å². The second-order valence-corrected chi connectivity index (χ2v) is 9.57.